The van der Waals surface area contributed by atoms with Crippen LogP contribution in [0.15, 0.2) is 65.8 Å². The highest BCUT2D eigenvalue weighted by Crippen LogP contribution is 2.44. The number of carbonyl (C=O) groups is 2. The highest BCUT2D eigenvalue weighted by molar-refractivity contribution is 5.96. The van der Waals surface area contributed by atoms with Crippen molar-refractivity contribution in [1.29, 1.82) is 0 Å². The minimum absolute atomic E-state index is 0.0187. The SMILES string of the molecule is CCCN(CCC)C(=O)C1=CC(C)=CC(C(N)=O)([C@H](Cc2cc(F)cc(F)c2)[C@@H](O)CNCc2cccc(O)c2)C1. The maximum Gasteiger partial charge on any atom is 0.249 e. The molecular formula is C32H41F2N3O4. The molecule has 0 aliphatic heterocycles. The molecule has 41 heavy (non-hydrogen) atoms. The molecule has 0 heterocycles. The first-order valence-electron chi connectivity index (χ1n) is 14.1. The summed E-state index contributed by atoms with van der Waals surface area (Å²) >= 11 is 0. The molecule has 1 aliphatic carbocycles. The number of benzene rings is 2. The van der Waals surface area contributed by atoms with Gasteiger partial charge in [-0.2, -0.15) is 0 Å². The summed E-state index contributed by atoms with van der Waals surface area (Å²) in [5.74, 6) is -3.29. The van der Waals surface area contributed by atoms with Crippen LogP contribution in [0.3, 0.4) is 0 Å². The molecule has 9 heteroatoms. The molecule has 2 amide bonds. The largest absolute Gasteiger partial charge is 0.508 e. The van der Waals surface area contributed by atoms with Crippen molar-refractivity contribution in [2.75, 3.05) is 19.6 Å². The summed E-state index contributed by atoms with van der Waals surface area (Å²) in [5.41, 5.74) is 6.65. The van der Waals surface area contributed by atoms with Gasteiger partial charge in [-0.05, 0) is 68.0 Å². The molecule has 0 fully saturated rings. The zero-order chi connectivity index (χ0) is 30.2. The van der Waals surface area contributed by atoms with Crippen molar-refractivity contribution >= 4 is 11.8 Å². The second-order valence-electron chi connectivity index (χ2n) is 10.9. The Hall–Kier alpha value is -3.56. The molecule has 0 saturated heterocycles. The van der Waals surface area contributed by atoms with Gasteiger partial charge in [0.2, 0.25) is 11.8 Å². The van der Waals surface area contributed by atoms with E-state index >= 15 is 0 Å². The number of carbonyl (C=O) groups excluding carboxylic acids is 2. The second-order valence-corrected chi connectivity index (χ2v) is 10.9. The molecule has 0 bridgehead atoms. The van der Waals surface area contributed by atoms with Crippen molar-refractivity contribution in [3.63, 3.8) is 0 Å². The van der Waals surface area contributed by atoms with Gasteiger partial charge in [-0.25, -0.2) is 8.78 Å². The molecule has 2 aromatic carbocycles. The third-order valence-electron chi connectivity index (χ3n) is 7.48. The predicted molar refractivity (Wildman–Crippen MR) is 155 cm³/mol. The monoisotopic (exact) mass is 569 g/mol. The molecule has 0 aromatic heterocycles. The van der Waals surface area contributed by atoms with Gasteiger partial charge in [0.25, 0.3) is 0 Å². The van der Waals surface area contributed by atoms with E-state index in [0.29, 0.717) is 30.8 Å². The summed E-state index contributed by atoms with van der Waals surface area (Å²) in [4.78, 5) is 28.7. The van der Waals surface area contributed by atoms with Crippen LogP contribution in [0.25, 0.3) is 0 Å². The van der Waals surface area contributed by atoms with Gasteiger partial charge >= 0.3 is 0 Å². The summed E-state index contributed by atoms with van der Waals surface area (Å²) in [6.07, 6.45) is 3.66. The van der Waals surface area contributed by atoms with Gasteiger partial charge in [0, 0.05) is 43.7 Å². The molecule has 3 atom stereocenters. The van der Waals surface area contributed by atoms with Crippen LogP contribution >= 0.6 is 0 Å². The normalized spacial score (nSPS) is 18.3. The fraction of sp³-hybridized carbons (Fsp3) is 0.438. The average Bonchev–Trinajstić information content (AvgIpc) is 2.90. The summed E-state index contributed by atoms with van der Waals surface area (Å²) < 4.78 is 28.3. The molecule has 3 rings (SSSR count). The molecule has 0 spiro atoms. The first-order chi connectivity index (χ1) is 19.5. The van der Waals surface area contributed by atoms with Crippen LogP contribution in [0.2, 0.25) is 0 Å². The minimum atomic E-state index is -1.50. The number of nitrogens with zero attached hydrogens (tertiary/aromatic N) is 1. The van der Waals surface area contributed by atoms with Crippen molar-refractivity contribution < 1.29 is 28.6 Å². The molecule has 0 radical (unpaired) electrons. The first kappa shape index (κ1) is 32.0. The summed E-state index contributed by atoms with van der Waals surface area (Å²) in [7, 11) is 0. The number of aliphatic hydroxyl groups excluding tert-OH is 1. The zero-order valence-corrected chi connectivity index (χ0v) is 24.0. The smallest absolute Gasteiger partial charge is 0.249 e. The number of halogens is 2. The zero-order valence-electron chi connectivity index (χ0n) is 24.0. The fourth-order valence-corrected chi connectivity index (χ4v) is 5.73. The number of nitrogens with one attached hydrogen (secondary N) is 1. The van der Waals surface area contributed by atoms with Gasteiger partial charge in [-0.3, -0.25) is 9.59 Å². The van der Waals surface area contributed by atoms with E-state index in [4.69, 9.17) is 5.73 Å². The number of amides is 2. The van der Waals surface area contributed by atoms with Crippen LogP contribution in [-0.4, -0.2) is 52.7 Å². The Labute approximate surface area is 240 Å². The van der Waals surface area contributed by atoms with Gasteiger partial charge in [0.05, 0.1) is 11.5 Å². The van der Waals surface area contributed by atoms with E-state index in [-0.39, 0.29) is 36.6 Å². The van der Waals surface area contributed by atoms with Crippen molar-refractivity contribution in [3.05, 3.63) is 88.5 Å². The fourth-order valence-electron chi connectivity index (χ4n) is 5.73. The Bertz CT molecular complexity index is 1270. The van der Waals surface area contributed by atoms with Crippen molar-refractivity contribution in [2.45, 2.75) is 59.1 Å². The van der Waals surface area contributed by atoms with Crippen LogP contribution in [0, 0.1) is 23.0 Å². The maximum absolute atomic E-state index is 14.2. The Kier molecular flexibility index (Phi) is 11.2. The first-order valence-corrected chi connectivity index (χ1v) is 14.1. The van der Waals surface area contributed by atoms with Crippen molar-refractivity contribution in [1.82, 2.24) is 10.2 Å². The topological polar surface area (TPSA) is 116 Å². The molecular weight excluding hydrogens is 528 g/mol. The Balaban J connectivity index is 1.98. The molecule has 1 aliphatic rings. The molecule has 222 valence electrons. The summed E-state index contributed by atoms with van der Waals surface area (Å²) in [6.45, 7) is 7.19. The van der Waals surface area contributed by atoms with Crippen LogP contribution in [0.5, 0.6) is 5.75 Å². The second kappa shape index (κ2) is 14.4. The lowest BCUT2D eigenvalue weighted by molar-refractivity contribution is -0.132. The van der Waals surface area contributed by atoms with Gasteiger partial charge in [-0.1, -0.05) is 43.7 Å². The van der Waals surface area contributed by atoms with Crippen molar-refractivity contribution in [3.8, 4) is 5.75 Å². The van der Waals surface area contributed by atoms with E-state index in [2.05, 4.69) is 5.32 Å². The number of nitrogens with two attached hydrogens (primary N) is 1. The highest BCUT2D eigenvalue weighted by Gasteiger charge is 2.48. The molecule has 2 aromatic rings. The maximum atomic E-state index is 14.2. The Morgan fingerprint density at radius 3 is 2.32 bits per heavy atom. The predicted octanol–water partition coefficient (Wildman–Crippen LogP) is 4.38. The van der Waals surface area contributed by atoms with E-state index in [0.717, 1.165) is 24.5 Å². The number of rotatable bonds is 14. The number of phenolic OH excluding ortho intramolecular Hbond substituents is 1. The number of aliphatic hydroxyl groups is 1. The van der Waals surface area contributed by atoms with Crippen LogP contribution in [0.1, 0.15) is 51.2 Å². The van der Waals surface area contributed by atoms with Gasteiger partial charge in [0.1, 0.15) is 17.4 Å². The lowest BCUT2D eigenvalue weighted by Gasteiger charge is -2.42. The Morgan fingerprint density at radius 2 is 1.73 bits per heavy atom. The molecule has 5 N–H and O–H groups in total. The molecule has 7 nitrogen and oxygen atoms in total. The highest BCUT2D eigenvalue weighted by atomic mass is 19.1. The minimum Gasteiger partial charge on any atom is -0.508 e. The van der Waals surface area contributed by atoms with E-state index < -0.39 is 35.0 Å². The van der Waals surface area contributed by atoms with Gasteiger partial charge in [0.15, 0.2) is 0 Å². The quantitative estimate of drug-likeness (QED) is 0.270. The van der Waals surface area contributed by atoms with E-state index in [9.17, 15) is 28.6 Å². The number of hydrogen-bond acceptors (Lipinski definition) is 5. The van der Waals surface area contributed by atoms with Crippen molar-refractivity contribution in [2.24, 2.45) is 17.1 Å². The van der Waals surface area contributed by atoms with E-state index in [1.807, 2.05) is 19.9 Å². The third-order valence-corrected chi connectivity index (χ3v) is 7.48. The third kappa shape index (κ3) is 8.24. The number of allylic oxidation sites excluding steroid dienone is 2. The van der Waals surface area contributed by atoms with Crippen LogP contribution < -0.4 is 11.1 Å². The number of phenols is 1. The lowest BCUT2D eigenvalue weighted by atomic mass is 9.63. The summed E-state index contributed by atoms with van der Waals surface area (Å²) in [6, 6.07) is 9.75. The molecule has 1 unspecified atom stereocenters. The van der Waals surface area contributed by atoms with Gasteiger partial charge < -0.3 is 26.2 Å². The lowest BCUT2D eigenvalue weighted by Crippen LogP contribution is -2.51. The van der Waals surface area contributed by atoms with E-state index in [1.54, 1.807) is 42.2 Å². The van der Waals surface area contributed by atoms with Gasteiger partial charge in [-0.15, -0.1) is 0 Å². The number of primary amides is 1. The van der Waals surface area contributed by atoms with E-state index in [1.165, 1.54) is 12.1 Å². The molecule has 0 saturated carbocycles. The summed E-state index contributed by atoms with van der Waals surface area (Å²) in [5, 5.41) is 24.4. The Morgan fingerprint density at radius 1 is 1.07 bits per heavy atom. The van der Waals surface area contributed by atoms with Crippen LogP contribution in [0.4, 0.5) is 8.78 Å². The average molecular weight is 570 g/mol. The number of aromatic hydroxyl groups is 1. The standard InChI is InChI=1S/C32H41F2N3O4/c1-4-9-37(10-5-2)30(40)24-11-21(3)17-32(18-24,31(35)41)28(15-23-12-25(33)16-26(34)13-23)29(39)20-36-19-22-7-6-8-27(38)14-22/h6-8,11-14,16-17,28-29,36,38-39H,4-5,9-10,15,18-20H2,1-3H3,(H2,35,41)/t28-,29+,32?/m1/s1. The number of hydrogen-bond donors (Lipinski definition) is 4. The van der Waals surface area contributed by atoms with Crippen LogP contribution in [-0.2, 0) is 22.6 Å².